The molecule has 0 aliphatic rings. The largest absolute Gasteiger partial charge is 0.438 e. The van der Waals surface area contributed by atoms with Gasteiger partial charge in [-0.05, 0) is 52.4 Å². The fraction of sp³-hybridized carbons (Fsp3) is 1.00. The second kappa shape index (κ2) is 6.38. The Morgan fingerprint density at radius 3 is 1.42 bits per heavy atom. The highest BCUT2D eigenvalue weighted by molar-refractivity contribution is 7.38. The number of hydrogen-bond acceptors (Lipinski definition) is 3. The van der Waals surface area contributed by atoms with Crippen LogP contribution in [0.5, 0.6) is 0 Å². The maximum atomic E-state index is 6.40. The van der Waals surface area contributed by atoms with E-state index in [-0.39, 0.29) is 0 Å². The van der Waals surface area contributed by atoms with Gasteiger partial charge in [0, 0.05) is 0 Å². The Bertz CT molecular complexity index is 294. The van der Waals surface area contributed by atoms with Crippen LogP contribution in [0, 0.1) is 0 Å². The van der Waals surface area contributed by atoms with Crippen molar-refractivity contribution in [1.29, 1.82) is 0 Å². The van der Waals surface area contributed by atoms with Crippen molar-refractivity contribution in [3.63, 3.8) is 0 Å². The zero-order valence-electron chi connectivity index (χ0n) is 14.7. The summed E-state index contributed by atoms with van der Waals surface area (Å²) in [7, 11) is -7.59. The lowest BCUT2D eigenvalue weighted by Crippen LogP contribution is -2.59. The fourth-order valence-corrected chi connectivity index (χ4v) is 19.5. The van der Waals surface area contributed by atoms with E-state index in [4.69, 9.17) is 12.3 Å². The second-order valence-electron chi connectivity index (χ2n) is 8.07. The molecule has 0 N–H and O–H groups in total. The van der Waals surface area contributed by atoms with Gasteiger partial charge in [0.2, 0.25) is 0 Å². The van der Waals surface area contributed by atoms with Gasteiger partial charge in [-0.25, -0.2) is 0 Å². The van der Waals surface area contributed by atoms with Crippen LogP contribution in [0.2, 0.25) is 72.0 Å². The molecule has 0 aliphatic carbocycles. The molecule has 8 heteroatoms. The minimum Gasteiger partial charge on any atom is -0.438 e. The van der Waals surface area contributed by atoms with Crippen LogP contribution >= 0.6 is 0 Å². The summed E-state index contributed by atoms with van der Waals surface area (Å²) >= 11 is 0. The van der Waals surface area contributed by atoms with Crippen molar-refractivity contribution in [3.8, 4) is 0 Å². The highest BCUT2D eigenvalue weighted by Gasteiger charge is 2.42. The first-order chi connectivity index (χ1) is 8.06. The lowest BCUT2D eigenvalue weighted by Gasteiger charge is -2.39. The average molecular weight is 354 g/mol. The van der Waals surface area contributed by atoms with Crippen LogP contribution in [-0.2, 0) is 12.3 Å². The Morgan fingerprint density at radius 1 is 0.684 bits per heavy atom. The van der Waals surface area contributed by atoms with E-state index >= 15 is 0 Å². The molecular weight excluding hydrogens is 321 g/mol. The van der Waals surface area contributed by atoms with Gasteiger partial charge in [-0.3, -0.25) is 0 Å². The predicted octanol–water partition coefficient (Wildman–Crippen LogP) is 4.31. The van der Waals surface area contributed by atoms with Gasteiger partial charge in [-0.1, -0.05) is 19.6 Å². The molecular formula is C11H33O3Si5. The van der Waals surface area contributed by atoms with Gasteiger partial charge in [0.25, 0.3) is 0 Å². The molecule has 19 heavy (non-hydrogen) atoms. The normalized spacial score (nSPS) is 15.2. The Balaban J connectivity index is 4.59. The molecule has 3 nitrogen and oxygen atoms in total. The van der Waals surface area contributed by atoms with Crippen molar-refractivity contribution in [2.24, 2.45) is 0 Å². The van der Waals surface area contributed by atoms with Crippen molar-refractivity contribution in [1.82, 2.24) is 0 Å². The molecule has 0 aromatic carbocycles. The Hall–Kier alpha value is 0.964. The Kier molecular flexibility index (Phi) is 6.71. The third-order valence-electron chi connectivity index (χ3n) is 3.15. The van der Waals surface area contributed by atoms with E-state index in [1.165, 1.54) is 0 Å². The summed E-state index contributed by atoms with van der Waals surface area (Å²) in [5.41, 5.74) is 0. The summed E-state index contributed by atoms with van der Waals surface area (Å²) in [5, 5.41) is 0. The molecule has 0 unspecified atom stereocenters. The molecule has 0 aromatic heterocycles. The van der Waals surface area contributed by atoms with Crippen molar-refractivity contribution < 1.29 is 12.3 Å². The molecule has 0 atom stereocenters. The number of hydrogen-bond donors (Lipinski definition) is 0. The summed E-state index contributed by atoms with van der Waals surface area (Å²) in [6, 6.07) is 0. The van der Waals surface area contributed by atoms with Crippen LogP contribution in [0.15, 0.2) is 0 Å². The average Bonchev–Trinajstić information content (AvgIpc) is 1.91. The minimum atomic E-state index is -2.04. The minimum absolute atomic E-state index is 1.20. The van der Waals surface area contributed by atoms with Crippen LogP contribution in [0.25, 0.3) is 0 Å². The van der Waals surface area contributed by atoms with E-state index in [0.717, 1.165) is 0 Å². The van der Waals surface area contributed by atoms with Crippen molar-refractivity contribution in [2.45, 2.75) is 72.0 Å². The first kappa shape index (κ1) is 20.0. The molecule has 0 amide bonds. The smallest absolute Gasteiger partial charge is 0.360 e. The van der Waals surface area contributed by atoms with E-state index in [2.05, 4.69) is 72.0 Å². The predicted molar refractivity (Wildman–Crippen MR) is 96.5 cm³/mol. The summed E-state index contributed by atoms with van der Waals surface area (Å²) in [5.74, 6) is 0. The van der Waals surface area contributed by atoms with Gasteiger partial charge >= 0.3 is 17.8 Å². The summed E-state index contributed by atoms with van der Waals surface area (Å²) in [6.45, 7) is 24.9. The molecule has 0 aromatic rings. The molecule has 0 heterocycles. The topological polar surface area (TPSA) is 27.7 Å². The monoisotopic (exact) mass is 353 g/mol. The van der Waals surface area contributed by atoms with Gasteiger partial charge < -0.3 is 12.3 Å². The lowest BCUT2D eigenvalue weighted by atomic mass is 11.8. The Morgan fingerprint density at radius 2 is 1.11 bits per heavy atom. The fourth-order valence-electron chi connectivity index (χ4n) is 1.64. The quantitative estimate of drug-likeness (QED) is 0.638. The molecule has 0 saturated heterocycles. The van der Waals surface area contributed by atoms with Crippen LogP contribution in [0.3, 0.4) is 0 Å². The van der Waals surface area contributed by atoms with Crippen molar-refractivity contribution >= 4 is 41.6 Å². The van der Waals surface area contributed by atoms with Crippen LogP contribution in [0.4, 0.5) is 0 Å². The van der Waals surface area contributed by atoms with E-state index in [1.807, 2.05) is 0 Å². The van der Waals surface area contributed by atoms with Gasteiger partial charge in [0.05, 0.1) is 7.59 Å². The SMILES string of the molecule is C[Si](O[Si](C)(C)O[Si](C)(C)C)O[Si](C)(C)[Si](C)(C)C. The highest BCUT2D eigenvalue weighted by Crippen LogP contribution is 2.23. The first-order valence-corrected chi connectivity index (χ1v) is 22.4. The second-order valence-corrected chi connectivity index (χ2v) is 34.2. The molecule has 1 radical (unpaired) electrons. The Labute approximate surface area is 126 Å². The van der Waals surface area contributed by atoms with Crippen LogP contribution in [0.1, 0.15) is 0 Å². The standard InChI is InChI=1S/C11H33O3Si5/c1-15(13-19(10,11)17(5,6)7)12-18(8,9)14-16(2,3)4/h1-11H3. The highest BCUT2D eigenvalue weighted by atomic mass is 29.3. The van der Waals surface area contributed by atoms with Crippen molar-refractivity contribution in [3.05, 3.63) is 0 Å². The zero-order chi connectivity index (χ0) is 15.7. The maximum Gasteiger partial charge on any atom is 0.360 e. The molecule has 0 fully saturated rings. The van der Waals surface area contributed by atoms with Gasteiger partial charge in [-0.15, -0.1) is 0 Å². The molecule has 0 aliphatic heterocycles. The number of rotatable bonds is 7. The summed E-state index contributed by atoms with van der Waals surface area (Å²) in [6.07, 6.45) is 0. The summed E-state index contributed by atoms with van der Waals surface area (Å²) in [4.78, 5) is 0. The lowest BCUT2D eigenvalue weighted by molar-refractivity contribution is 0.354. The zero-order valence-corrected chi connectivity index (χ0v) is 19.7. The van der Waals surface area contributed by atoms with Crippen LogP contribution < -0.4 is 0 Å². The maximum absolute atomic E-state index is 6.40. The third-order valence-corrected chi connectivity index (χ3v) is 29.2. The molecule has 0 saturated carbocycles. The van der Waals surface area contributed by atoms with Crippen molar-refractivity contribution in [2.75, 3.05) is 0 Å². The van der Waals surface area contributed by atoms with E-state index in [9.17, 15) is 0 Å². The van der Waals surface area contributed by atoms with E-state index in [0.29, 0.717) is 0 Å². The molecule has 115 valence electrons. The summed E-state index contributed by atoms with van der Waals surface area (Å²) < 4.78 is 18.9. The molecule has 0 rings (SSSR count). The van der Waals surface area contributed by atoms with Gasteiger partial charge in [0.1, 0.15) is 0 Å². The van der Waals surface area contributed by atoms with E-state index < -0.39 is 41.6 Å². The molecule has 0 spiro atoms. The first-order valence-electron chi connectivity index (χ1n) is 6.97. The van der Waals surface area contributed by atoms with Gasteiger partial charge in [0.15, 0.2) is 16.2 Å². The van der Waals surface area contributed by atoms with Gasteiger partial charge in [-0.2, -0.15) is 0 Å². The van der Waals surface area contributed by atoms with E-state index in [1.54, 1.807) is 0 Å². The third kappa shape index (κ3) is 8.10. The van der Waals surface area contributed by atoms with Crippen LogP contribution in [-0.4, -0.2) is 41.6 Å². The molecule has 0 bridgehead atoms.